The van der Waals surface area contributed by atoms with Gasteiger partial charge in [0.2, 0.25) is 0 Å². The Balaban J connectivity index is 1.78. The summed E-state index contributed by atoms with van der Waals surface area (Å²) in [6.45, 7) is 0. The van der Waals surface area contributed by atoms with Crippen molar-refractivity contribution >= 4 is 27.7 Å². The lowest BCUT2D eigenvalue weighted by atomic mass is 10.3. The van der Waals surface area contributed by atoms with E-state index in [1.54, 1.807) is 4.68 Å². The molecule has 0 atom stereocenters. The van der Waals surface area contributed by atoms with Gasteiger partial charge in [-0.25, -0.2) is 0 Å². The first kappa shape index (κ1) is 13.5. The minimum absolute atomic E-state index is 0.653. The number of hydrogen-bond acceptors (Lipinski definition) is 4. The van der Waals surface area contributed by atoms with E-state index in [4.69, 9.17) is 0 Å². The van der Waals surface area contributed by atoms with E-state index < -0.39 is 0 Å². The SMILES string of the molecule is Brc1ccc(-n2nnnc2/C=C/Nc2ccccc2)cc1. The first-order chi connectivity index (χ1) is 10.3. The molecule has 0 bridgehead atoms. The Labute approximate surface area is 130 Å². The van der Waals surface area contributed by atoms with Crippen LogP contribution in [0.15, 0.2) is 65.3 Å². The van der Waals surface area contributed by atoms with Crippen LogP contribution in [0.5, 0.6) is 0 Å². The summed E-state index contributed by atoms with van der Waals surface area (Å²) in [5, 5.41) is 14.9. The molecule has 0 saturated heterocycles. The fourth-order valence-electron chi connectivity index (χ4n) is 1.81. The Kier molecular flexibility index (Phi) is 4.07. The maximum atomic E-state index is 4.01. The molecule has 0 saturated carbocycles. The zero-order chi connectivity index (χ0) is 14.5. The van der Waals surface area contributed by atoms with E-state index >= 15 is 0 Å². The molecular weight excluding hydrogens is 330 g/mol. The molecule has 0 aliphatic heterocycles. The van der Waals surface area contributed by atoms with Crippen LogP contribution in [0, 0.1) is 0 Å². The molecule has 1 heterocycles. The van der Waals surface area contributed by atoms with Crippen molar-refractivity contribution in [2.45, 2.75) is 0 Å². The fraction of sp³-hybridized carbons (Fsp3) is 0. The van der Waals surface area contributed by atoms with Gasteiger partial charge in [0.05, 0.1) is 5.69 Å². The van der Waals surface area contributed by atoms with Crippen LogP contribution < -0.4 is 5.32 Å². The second kappa shape index (κ2) is 6.32. The summed E-state index contributed by atoms with van der Waals surface area (Å²) in [7, 11) is 0. The average Bonchev–Trinajstić information content (AvgIpc) is 2.98. The molecule has 1 N–H and O–H groups in total. The van der Waals surface area contributed by atoms with E-state index in [1.165, 1.54) is 0 Å². The summed E-state index contributed by atoms with van der Waals surface area (Å²) >= 11 is 3.41. The minimum Gasteiger partial charge on any atom is -0.362 e. The predicted octanol–water partition coefficient (Wildman–Crippen LogP) is 3.51. The Morgan fingerprint density at radius 3 is 2.52 bits per heavy atom. The van der Waals surface area contributed by atoms with Gasteiger partial charge in [0.15, 0.2) is 5.82 Å². The van der Waals surface area contributed by atoms with Gasteiger partial charge in [-0.1, -0.05) is 34.1 Å². The molecule has 104 valence electrons. The van der Waals surface area contributed by atoms with Crippen LogP contribution in [0.4, 0.5) is 5.69 Å². The van der Waals surface area contributed by atoms with Gasteiger partial charge in [0.25, 0.3) is 0 Å². The number of halogens is 1. The number of anilines is 1. The lowest BCUT2D eigenvalue weighted by molar-refractivity contribution is 0.786. The first-order valence-corrected chi connectivity index (χ1v) is 7.15. The maximum absolute atomic E-state index is 4.01. The molecule has 21 heavy (non-hydrogen) atoms. The molecule has 3 rings (SSSR count). The van der Waals surface area contributed by atoms with E-state index in [0.717, 1.165) is 15.8 Å². The van der Waals surface area contributed by atoms with Crippen molar-refractivity contribution < 1.29 is 0 Å². The average molecular weight is 342 g/mol. The highest BCUT2D eigenvalue weighted by molar-refractivity contribution is 9.10. The second-order valence-electron chi connectivity index (χ2n) is 4.27. The second-order valence-corrected chi connectivity index (χ2v) is 5.18. The van der Waals surface area contributed by atoms with Gasteiger partial charge in [-0.05, 0) is 46.8 Å². The van der Waals surface area contributed by atoms with Crippen LogP contribution in [0.2, 0.25) is 0 Å². The number of tetrazole rings is 1. The highest BCUT2D eigenvalue weighted by atomic mass is 79.9. The third-order valence-electron chi connectivity index (χ3n) is 2.82. The third kappa shape index (κ3) is 3.35. The molecule has 0 radical (unpaired) electrons. The molecule has 6 heteroatoms. The van der Waals surface area contributed by atoms with E-state index in [-0.39, 0.29) is 0 Å². The number of rotatable bonds is 4. The predicted molar refractivity (Wildman–Crippen MR) is 86.0 cm³/mol. The van der Waals surface area contributed by atoms with Crippen LogP contribution in [0.3, 0.4) is 0 Å². The van der Waals surface area contributed by atoms with Crippen LogP contribution in [-0.2, 0) is 0 Å². The van der Waals surface area contributed by atoms with Crippen LogP contribution in [0.1, 0.15) is 5.82 Å². The lowest BCUT2D eigenvalue weighted by Gasteiger charge is -2.02. The molecule has 0 fully saturated rings. The van der Waals surface area contributed by atoms with Crippen molar-refractivity contribution in [1.82, 2.24) is 20.2 Å². The van der Waals surface area contributed by atoms with Crippen molar-refractivity contribution in [3.05, 3.63) is 71.1 Å². The lowest BCUT2D eigenvalue weighted by Crippen LogP contribution is -1.99. The molecule has 2 aromatic carbocycles. The normalized spacial score (nSPS) is 10.9. The van der Waals surface area contributed by atoms with E-state index in [1.807, 2.05) is 66.9 Å². The zero-order valence-corrected chi connectivity index (χ0v) is 12.6. The highest BCUT2D eigenvalue weighted by Crippen LogP contribution is 2.14. The third-order valence-corrected chi connectivity index (χ3v) is 3.35. The summed E-state index contributed by atoms with van der Waals surface area (Å²) in [4.78, 5) is 0. The Bertz CT molecular complexity index is 734. The Morgan fingerprint density at radius 1 is 1.00 bits per heavy atom. The van der Waals surface area contributed by atoms with Gasteiger partial charge >= 0.3 is 0 Å². The number of nitrogens with zero attached hydrogens (tertiary/aromatic N) is 4. The number of para-hydroxylation sites is 1. The van der Waals surface area contributed by atoms with Crippen LogP contribution in [-0.4, -0.2) is 20.2 Å². The molecule has 5 nitrogen and oxygen atoms in total. The zero-order valence-electron chi connectivity index (χ0n) is 11.0. The Morgan fingerprint density at radius 2 is 1.76 bits per heavy atom. The smallest absolute Gasteiger partial charge is 0.181 e. The van der Waals surface area contributed by atoms with Crippen molar-refractivity contribution in [3.8, 4) is 5.69 Å². The molecule has 3 aromatic rings. The van der Waals surface area contributed by atoms with E-state index in [2.05, 4.69) is 36.8 Å². The molecule has 0 aliphatic carbocycles. The largest absolute Gasteiger partial charge is 0.362 e. The number of benzene rings is 2. The first-order valence-electron chi connectivity index (χ1n) is 6.35. The van der Waals surface area contributed by atoms with Gasteiger partial charge in [-0.15, -0.1) is 5.10 Å². The molecular formula is C15H12BrN5. The minimum atomic E-state index is 0.653. The quantitative estimate of drug-likeness (QED) is 0.788. The van der Waals surface area contributed by atoms with Gasteiger partial charge in [0, 0.05) is 22.4 Å². The number of aromatic nitrogens is 4. The number of nitrogens with one attached hydrogen (secondary N) is 1. The van der Waals surface area contributed by atoms with Gasteiger partial charge < -0.3 is 5.32 Å². The summed E-state index contributed by atoms with van der Waals surface area (Å²) in [5.41, 5.74) is 1.92. The number of hydrogen-bond donors (Lipinski definition) is 1. The van der Waals surface area contributed by atoms with E-state index in [9.17, 15) is 0 Å². The van der Waals surface area contributed by atoms with Gasteiger partial charge in [-0.2, -0.15) is 4.68 Å². The van der Waals surface area contributed by atoms with E-state index in [0.29, 0.717) is 5.82 Å². The van der Waals surface area contributed by atoms with Crippen molar-refractivity contribution in [2.24, 2.45) is 0 Å². The molecule has 0 spiro atoms. The Hall–Kier alpha value is -2.47. The molecule has 0 amide bonds. The topological polar surface area (TPSA) is 55.6 Å². The fourth-order valence-corrected chi connectivity index (χ4v) is 2.08. The molecule has 1 aromatic heterocycles. The van der Waals surface area contributed by atoms with Crippen LogP contribution >= 0.6 is 15.9 Å². The van der Waals surface area contributed by atoms with Crippen molar-refractivity contribution in [3.63, 3.8) is 0 Å². The van der Waals surface area contributed by atoms with Crippen molar-refractivity contribution in [2.75, 3.05) is 5.32 Å². The van der Waals surface area contributed by atoms with Crippen LogP contribution in [0.25, 0.3) is 11.8 Å². The monoisotopic (exact) mass is 341 g/mol. The standard InChI is InChI=1S/C15H12BrN5/c16-12-6-8-14(9-7-12)21-15(18-19-20-21)10-11-17-13-4-2-1-3-5-13/h1-11,17H/b11-10+. The van der Waals surface area contributed by atoms with Gasteiger partial charge in [-0.3, -0.25) is 0 Å². The molecule has 0 unspecified atom stereocenters. The maximum Gasteiger partial charge on any atom is 0.181 e. The summed E-state index contributed by atoms with van der Waals surface area (Å²) in [6.07, 6.45) is 3.64. The summed E-state index contributed by atoms with van der Waals surface area (Å²) in [5.74, 6) is 0.653. The summed E-state index contributed by atoms with van der Waals surface area (Å²) in [6, 6.07) is 17.7. The van der Waals surface area contributed by atoms with Crippen molar-refractivity contribution in [1.29, 1.82) is 0 Å². The molecule has 0 aliphatic rings. The highest BCUT2D eigenvalue weighted by Gasteiger charge is 2.04. The summed E-state index contributed by atoms with van der Waals surface area (Å²) < 4.78 is 2.69. The van der Waals surface area contributed by atoms with Gasteiger partial charge in [0.1, 0.15) is 0 Å².